The van der Waals surface area contributed by atoms with Crippen molar-refractivity contribution in [3.8, 4) is 23.0 Å². The first kappa shape index (κ1) is 24.2. The highest BCUT2D eigenvalue weighted by molar-refractivity contribution is 6.46. The lowest BCUT2D eigenvalue weighted by molar-refractivity contribution is -0.140. The van der Waals surface area contributed by atoms with Gasteiger partial charge in [-0.2, -0.15) is 0 Å². The average Bonchev–Trinajstić information content (AvgIpc) is 3.47. The minimum absolute atomic E-state index is 0.0163. The monoisotopic (exact) mass is 501 g/mol. The summed E-state index contributed by atoms with van der Waals surface area (Å²) in [6.45, 7) is 4.52. The smallest absolute Gasteiger partial charge is 0.295 e. The fourth-order valence-electron chi connectivity index (χ4n) is 4.71. The van der Waals surface area contributed by atoms with Gasteiger partial charge in [0, 0.05) is 12.1 Å². The summed E-state index contributed by atoms with van der Waals surface area (Å²) in [7, 11) is 1.55. The van der Waals surface area contributed by atoms with E-state index in [-0.39, 0.29) is 24.7 Å². The van der Waals surface area contributed by atoms with Crippen LogP contribution in [0.15, 0.2) is 66.2 Å². The Kier molecular flexibility index (Phi) is 6.48. The summed E-state index contributed by atoms with van der Waals surface area (Å²) in [5.41, 5.74) is 2.65. The molecule has 1 atom stereocenters. The number of fused-ring (bicyclic) bond motifs is 1. The molecule has 1 N–H and O–H groups in total. The molecule has 8 heteroatoms. The van der Waals surface area contributed by atoms with Crippen molar-refractivity contribution in [3.05, 3.63) is 88.5 Å². The normalized spacial score (nSPS) is 17.8. The predicted octanol–water partition coefficient (Wildman–Crippen LogP) is 4.75. The van der Waals surface area contributed by atoms with Crippen LogP contribution in [0, 0.1) is 6.92 Å². The molecule has 1 amide bonds. The Morgan fingerprint density at radius 1 is 1.05 bits per heavy atom. The molecule has 2 aliphatic rings. The number of aliphatic hydroxyl groups is 1. The number of ketones is 1. The molecule has 8 nitrogen and oxygen atoms in total. The van der Waals surface area contributed by atoms with Crippen LogP contribution in [0.25, 0.3) is 5.76 Å². The van der Waals surface area contributed by atoms with E-state index in [0.717, 1.165) is 11.1 Å². The van der Waals surface area contributed by atoms with Crippen LogP contribution in [-0.2, 0) is 16.1 Å². The lowest BCUT2D eigenvalue weighted by Crippen LogP contribution is -2.29. The number of aliphatic hydroxyl groups excluding tert-OH is 1. The van der Waals surface area contributed by atoms with Crippen molar-refractivity contribution >= 4 is 17.4 Å². The third-order valence-electron chi connectivity index (χ3n) is 6.49. The van der Waals surface area contributed by atoms with Crippen molar-refractivity contribution in [3.63, 3.8) is 0 Å². The molecule has 1 fully saturated rings. The molecule has 0 radical (unpaired) electrons. The van der Waals surface area contributed by atoms with Gasteiger partial charge in [-0.05, 0) is 73.0 Å². The molecule has 5 rings (SSSR count). The van der Waals surface area contributed by atoms with E-state index >= 15 is 0 Å². The van der Waals surface area contributed by atoms with Crippen molar-refractivity contribution in [1.82, 2.24) is 4.90 Å². The zero-order valence-corrected chi connectivity index (χ0v) is 20.8. The van der Waals surface area contributed by atoms with Crippen molar-refractivity contribution in [2.24, 2.45) is 0 Å². The first-order chi connectivity index (χ1) is 17.9. The van der Waals surface area contributed by atoms with E-state index in [2.05, 4.69) is 0 Å². The second-order valence-electron chi connectivity index (χ2n) is 8.80. The molecule has 0 aliphatic carbocycles. The highest BCUT2D eigenvalue weighted by atomic mass is 16.7. The number of rotatable bonds is 7. The molecule has 0 saturated carbocycles. The molecule has 190 valence electrons. The lowest BCUT2D eigenvalue weighted by Gasteiger charge is -2.26. The van der Waals surface area contributed by atoms with Crippen LogP contribution in [0.5, 0.6) is 23.0 Å². The number of aryl methyl sites for hydroxylation is 1. The number of methoxy groups -OCH3 is 1. The van der Waals surface area contributed by atoms with Crippen molar-refractivity contribution in [2.45, 2.75) is 26.4 Å². The zero-order valence-electron chi connectivity index (χ0n) is 20.8. The number of Topliss-reactive ketones (excluding diaryl/α,β-unsaturated/α-hetero) is 1. The summed E-state index contributed by atoms with van der Waals surface area (Å²) < 4.78 is 21.9. The third-order valence-corrected chi connectivity index (χ3v) is 6.49. The standard InChI is InChI=1S/C29H27NO7/c1-4-35-22-11-9-20(12-17(22)2)27(31)25-26(19-6-5-7-21(14-19)34-3)30(29(33)28(25)32)15-18-8-10-23-24(13-18)37-16-36-23/h5-14,26,31H,4,15-16H2,1-3H3/b27-25+. The van der Waals surface area contributed by atoms with E-state index in [9.17, 15) is 14.7 Å². The molecule has 1 unspecified atom stereocenters. The SMILES string of the molecule is CCOc1ccc(/C(O)=C2\C(=O)C(=O)N(Cc3ccc4c(c3)OCO4)C2c2cccc(OC)c2)cc1C. The zero-order chi connectivity index (χ0) is 26.1. The van der Waals surface area contributed by atoms with Gasteiger partial charge >= 0.3 is 0 Å². The van der Waals surface area contributed by atoms with Gasteiger partial charge in [-0.1, -0.05) is 18.2 Å². The van der Waals surface area contributed by atoms with Gasteiger partial charge in [0.15, 0.2) is 11.5 Å². The Morgan fingerprint density at radius 2 is 1.86 bits per heavy atom. The average molecular weight is 502 g/mol. The van der Waals surface area contributed by atoms with E-state index in [4.69, 9.17) is 18.9 Å². The number of carbonyl (C=O) groups excluding carboxylic acids is 2. The van der Waals surface area contributed by atoms with Crippen molar-refractivity contribution in [1.29, 1.82) is 0 Å². The van der Waals surface area contributed by atoms with Gasteiger partial charge in [0.2, 0.25) is 6.79 Å². The third kappa shape index (κ3) is 4.46. The Bertz CT molecular complexity index is 1410. The molecule has 0 bridgehead atoms. The van der Waals surface area contributed by atoms with Gasteiger partial charge in [0.1, 0.15) is 17.3 Å². The molecule has 2 aliphatic heterocycles. The highest BCUT2D eigenvalue weighted by Crippen LogP contribution is 2.42. The van der Waals surface area contributed by atoms with Crippen LogP contribution >= 0.6 is 0 Å². The molecule has 3 aromatic carbocycles. The first-order valence-corrected chi connectivity index (χ1v) is 12.0. The van der Waals surface area contributed by atoms with Gasteiger partial charge < -0.3 is 29.0 Å². The number of hydrogen-bond acceptors (Lipinski definition) is 7. The number of hydrogen-bond donors (Lipinski definition) is 1. The number of likely N-dealkylation sites (tertiary alicyclic amines) is 1. The molecular formula is C29H27NO7. The first-order valence-electron chi connectivity index (χ1n) is 12.0. The Morgan fingerprint density at radius 3 is 2.62 bits per heavy atom. The number of ether oxygens (including phenoxy) is 4. The molecule has 0 aromatic heterocycles. The van der Waals surface area contributed by atoms with Crippen molar-refractivity contribution in [2.75, 3.05) is 20.5 Å². The largest absolute Gasteiger partial charge is 0.507 e. The highest BCUT2D eigenvalue weighted by Gasteiger charge is 2.46. The van der Waals surface area contributed by atoms with Gasteiger partial charge in [0.25, 0.3) is 11.7 Å². The van der Waals surface area contributed by atoms with Crippen LogP contribution < -0.4 is 18.9 Å². The maximum absolute atomic E-state index is 13.4. The summed E-state index contributed by atoms with van der Waals surface area (Å²) in [6.07, 6.45) is 0. The van der Waals surface area contributed by atoms with E-state index in [1.54, 1.807) is 55.6 Å². The summed E-state index contributed by atoms with van der Waals surface area (Å²) >= 11 is 0. The Hall–Kier alpha value is -4.46. The summed E-state index contributed by atoms with van der Waals surface area (Å²) in [5.74, 6) is 0.769. The van der Waals surface area contributed by atoms with Gasteiger partial charge in [-0.15, -0.1) is 0 Å². The van der Waals surface area contributed by atoms with Crippen LogP contribution in [0.1, 0.15) is 35.2 Å². The van der Waals surface area contributed by atoms with Crippen LogP contribution in [0.3, 0.4) is 0 Å². The summed E-state index contributed by atoms with van der Waals surface area (Å²) in [5, 5.41) is 11.4. The van der Waals surface area contributed by atoms with E-state index in [1.807, 2.05) is 26.0 Å². The maximum Gasteiger partial charge on any atom is 0.295 e. The van der Waals surface area contributed by atoms with Crippen molar-refractivity contribution < 1.29 is 33.6 Å². The maximum atomic E-state index is 13.4. The molecule has 0 spiro atoms. The predicted molar refractivity (Wildman–Crippen MR) is 136 cm³/mol. The summed E-state index contributed by atoms with van der Waals surface area (Å²) in [4.78, 5) is 28.2. The molecule has 1 saturated heterocycles. The van der Waals surface area contributed by atoms with Crippen LogP contribution in [-0.4, -0.2) is 42.2 Å². The number of nitrogens with zero attached hydrogens (tertiary/aromatic N) is 1. The number of amides is 1. The van der Waals surface area contributed by atoms with E-state index in [1.165, 1.54) is 4.90 Å². The molecular weight excluding hydrogens is 474 g/mol. The quantitative estimate of drug-likeness (QED) is 0.284. The number of carbonyl (C=O) groups is 2. The fourth-order valence-corrected chi connectivity index (χ4v) is 4.71. The molecule has 2 heterocycles. The van der Waals surface area contributed by atoms with Gasteiger partial charge in [-0.25, -0.2) is 0 Å². The minimum atomic E-state index is -0.826. The van der Waals surface area contributed by atoms with E-state index in [0.29, 0.717) is 40.7 Å². The van der Waals surface area contributed by atoms with Crippen LogP contribution in [0.2, 0.25) is 0 Å². The second kappa shape index (κ2) is 9.89. The van der Waals surface area contributed by atoms with Gasteiger partial charge in [-0.3, -0.25) is 9.59 Å². The lowest BCUT2D eigenvalue weighted by atomic mass is 9.94. The molecule has 37 heavy (non-hydrogen) atoms. The van der Waals surface area contributed by atoms with Gasteiger partial charge in [0.05, 0.1) is 25.3 Å². The fraction of sp³-hybridized carbons (Fsp3) is 0.241. The Balaban J connectivity index is 1.61. The van der Waals surface area contributed by atoms with E-state index < -0.39 is 17.7 Å². The minimum Gasteiger partial charge on any atom is -0.507 e. The molecule has 3 aromatic rings. The Labute approximate surface area is 214 Å². The summed E-state index contributed by atoms with van der Waals surface area (Å²) in [6, 6.07) is 16.9. The topological polar surface area (TPSA) is 94.5 Å². The van der Waals surface area contributed by atoms with Crippen LogP contribution in [0.4, 0.5) is 0 Å². The number of benzene rings is 3. The second-order valence-corrected chi connectivity index (χ2v) is 8.80.